The van der Waals surface area contributed by atoms with E-state index >= 15 is 0 Å². The molecule has 2 rings (SSSR count). The Morgan fingerprint density at radius 2 is 1.26 bits per heavy atom. The number of benzene rings is 2. The third kappa shape index (κ3) is 4.20. The number of rotatable bonds is 7. The van der Waals surface area contributed by atoms with Crippen molar-refractivity contribution >= 4 is 30.4 Å². The Hall–Kier alpha value is -2.24. The lowest BCUT2D eigenvalue weighted by molar-refractivity contribution is -0.154. The number of carbonyl (C=O) groups excluding carboxylic acids is 1. The van der Waals surface area contributed by atoms with E-state index in [2.05, 4.69) is 45.0 Å². The smallest absolute Gasteiger partial charge is 0.372 e. The van der Waals surface area contributed by atoms with Gasteiger partial charge in [0.15, 0.2) is 0 Å². The van der Waals surface area contributed by atoms with Gasteiger partial charge in [-0.1, -0.05) is 95.3 Å². The molecular weight excluding hydrogens is 356 g/mol. The van der Waals surface area contributed by atoms with Gasteiger partial charge in [-0.05, 0) is 15.4 Å². The van der Waals surface area contributed by atoms with Crippen molar-refractivity contribution in [2.45, 2.75) is 39.7 Å². The number of Topliss-reactive ketones (excluding diaryl/α,β-unsaturated/α-hetero) is 1. The normalized spacial score (nSPS) is 12.6. The molecule has 0 unspecified atom stereocenters. The molecule has 2 aromatic rings. The van der Waals surface area contributed by atoms with Gasteiger partial charge in [-0.25, -0.2) is 4.79 Å². The highest BCUT2D eigenvalue weighted by Gasteiger charge is 2.51. The van der Waals surface area contributed by atoms with Crippen LogP contribution >= 0.6 is 0 Å². The minimum atomic E-state index is -2.78. The van der Waals surface area contributed by atoms with Crippen molar-refractivity contribution in [1.29, 1.82) is 0 Å². The number of hydrogen-bond acceptors (Lipinski definition) is 3. The Balaban J connectivity index is 2.60. The molecular formula is C22H28O4Si. The van der Waals surface area contributed by atoms with Crippen molar-refractivity contribution in [3.8, 4) is 0 Å². The zero-order chi connectivity index (χ0) is 20.3. The summed E-state index contributed by atoms with van der Waals surface area (Å²) in [6.07, 6.45) is 0. The molecule has 0 amide bonds. The summed E-state index contributed by atoms with van der Waals surface area (Å²) in [6, 6.07) is 20.2. The van der Waals surface area contributed by atoms with E-state index in [9.17, 15) is 9.59 Å². The van der Waals surface area contributed by atoms with Crippen LogP contribution in [-0.4, -0.2) is 31.8 Å². The van der Waals surface area contributed by atoms with Gasteiger partial charge in [0.25, 0.3) is 8.32 Å². The zero-order valence-electron chi connectivity index (χ0n) is 16.7. The van der Waals surface area contributed by atoms with E-state index in [-0.39, 0.29) is 11.6 Å². The van der Waals surface area contributed by atoms with Crippen LogP contribution in [0.3, 0.4) is 0 Å². The second-order valence-corrected chi connectivity index (χ2v) is 12.8. The second-order valence-electron chi connectivity index (χ2n) is 8.47. The molecule has 0 saturated heterocycles. The Bertz CT molecular complexity index is 753. The van der Waals surface area contributed by atoms with Crippen LogP contribution in [0.4, 0.5) is 0 Å². The van der Waals surface area contributed by atoms with Gasteiger partial charge in [-0.3, -0.25) is 4.79 Å². The van der Waals surface area contributed by atoms with Gasteiger partial charge in [-0.2, -0.15) is 0 Å². The van der Waals surface area contributed by atoms with Gasteiger partial charge >= 0.3 is 5.97 Å². The molecule has 4 nitrogen and oxygen atoms in total. The van der Waals surface area contributed by atoms with Crippen LogP contribution in [0.1, 0.15) is 34.6 Å². The van der Waals surface area contributed by atoms with Crippen LogP contribution in [0.25, 0.3) is 0 Å². The first kappa shape index (κ1) is 21.1. The number of hydrogen-bond donors (Lipinski definition) is 1. The molecule has 0 radical (unpaired) electrons. The average Bonchev–Trinajstić information content (AvgIpc) is 2.62. The molecule has 0 aliphatic heterocycles. The fourth-order valence-corrected chi connectivity index (χ4v) is 8.14. The van der Waals surface area contributed by atoms with Crippen molar-refractivity contribution in [2.75, 3.05) is 6.61 Å². The van der Waals surface area contributed by atoms with E-state index in [0.29, 0.717) is 0 Å². The van der Waals surface area contributed by atoms with Gasteiger partial charge in [-0.15, -0.1) is 0 Å². The molecule has 0 aliphatic rings. The molecule has 0 saturated carbocycles. The second kappa shape index (κ2) is 7.78. The zero-order valence-corrected chi connectivity index (χ0v) is 17.7. The first-order chi connectivity index (χ1) is 12.5. The Morgan fingerprint density at radius 1 is 0.852 bits per heavy atom. The highest BCUT2D eigenvalue weighted by molar-refractivity contribution is 6.99. The lowest BCUT2D eigenvalue weighted by Gasteiger charge is -2.44. The maximum Gasteiger partial charge on any atom is 0.372 e. The summed E-state index contributed by atoms with van der Waals surface area (Å²) in [5.74, 6) is -2.26. The molecule has 0 aromatic heterocycles. The molecule has 27 heavy (non-hydrogen) atoms. The highest BCUT2D eigenvalue weighted by Crippen LogP contribution is 2.37. The average molecular weight is 385 g/mol. The molecule has 0 aliphatic carbocycles. The van der Waals surface area contributed by atoms with Gasteiger partial charge in [0.2, 0.25) is 5.78 Å². The van der Waals surface area contributed by atoms with Crippen molar-refractivity contribution in [1.82, 2.24) is 0 Å². The van der Waals surface area contributed by atoms with Crippen molar-refractivity contribution in [3.63, 3.8) is 0 Å². The topological polar surface area (TPSA) is 63.6 Å². The number of carboxylic acids is 1. The quantitative estimate of drug-likeness (QED) is 0.588. The van der Waals surface area contributed by atoms with E-state index in [4.69, 9.17) is 9.53 Å². The van der Waals surface area contributed by atoms with Crippen LogP contribution in [0, 0.1) is 5.41 Å². The SMILES string of the molecule is CC(C)(CO[Si](c1ccccc1)(c1ccccc1)C(C)(C)C)C(=O)C(=O)O. The summed E-state index contributed by atoms with van der Waals surface area (Å²) < 4.78 is 6.66. The van der Waals surface area contributed by atoms with Crippen LogP contribution in [0.5, 0.6) is 0 Å². The Labute approximate surface area is 162 Å². The van der Waals surface area contributed by atoms with E-state index < -0.39 is 25.5 Å². The number of carbonyl (C=O) groups is 2. The number of aliphatic carboxylic acids is 1. The van der Waals surface area contributed by atoms with Gasteiger partial charge in [0, 0.05) is 6.61 Å². The largest absolute Gasteiger partial charge is 0.475 e. The lowest BCUT2D eigenvalue weighted by atomic mass is 9.89. The monoisotopic (exact) mass is 384 g/mol. The third-order valence-corrected chi connectivity index (χ3v) is 9.86. The van der Waals surface area contributed by atoms with Crippen molar-refractivity contribution < 1.29 is 19.1 Å². The summed E-state index contributed by atoms with van der Waals surface area (Å²) >= 11 is 0. The minimum Gasteiger partial charge on any atom is -0.475 e. The standard InChI is InChI=1S/C22H28O4Si/c1-21(2,3)27(17-12-8-6-9-13-17,18-14-10-7-11-15-18)26-16-22(4,5)19(23)20(24)25/h6-15H,16H2,1-5H3,(H,24,25). The van der Waals surface area contributed by atoms with Crippen LogP contribution in [-0.2, 0) is 14.0 Å². The van der Waals surface area contributed by atoms with E-state index in [1.54, 1.807) is 13.8 Å². The summed E-state index contributed by atoms with van der Waals surface area (Å²) in [6.45, 7) is 9.73. The maximum absolute atomic E-state index is 12.1. The van der Waals surface area contributed by atoms with E-state index in [1.165, 1.54) is 0 Å². The summed E-state index contributed by atoms with van der Waals surface area (Å²) in [5, 5.41) is 11.1. The molecule has 0 bridgehead atoms. The minimum absolute atomic E-state index is 0.0470. The molecule has 0 atom stereocenters. The van der Waals surface area contributed by atoms with Gasteiger partial charge < -0.3 is 9.53 Å². The van der Waals surface area contributed by atoms with Crippen molar-refractivity contribution in [2.24, 2.45) is 5.41 Å². The van der Waals surface area contributed by atoms with Crippen LogP contribution < -0.4 is 10.4 Å². The molecule has 0 spiro atoms. The van der Waals surface area contributed by atoms with Crippen molar-refractivity contribution in [3.05, 3.63) is 60.7 Å². The highest BCUT2D eigenvalue weighted by atomic mass is 28.4. The first-order valence-electron chi connectivity index (χ1n) is 9.05. The first-order valence-corrected chi connectivity index (χ1v) is 11.0. The molecule has 5 heteroatoms. The fraction of sp³-hybridized carbons (Fsp3) is 0.364. The lowest BCUT2D eigenvalue weighted by Crippen LogP contribution is -2.67. The van der Waals surface area contributed by atoms with Gasteiger partial charge in [0.05, 0.1) is 5.41 Å². The van der Waals surface area contributed by atoms with Crippen LogP contribution in [0.2, 0.25) is 5.04 Å². The fourth-order valence-electron chi connectivity index (χ4n) is 3.41. The summed E-state index contributed by atoms with van der Waals surface area (Å²) in [4.78, 5) is 23.4. The molecule has 1 N–H and O–H groups in total. The predicted octanol–water partition coefficient (Wildman–Crippen LogP) is 3.24. The molecule has 2 aromatic carbocycles. The summed E-state index contributed by atoms with van der Waals surface area (Å²) in [5.41, 5.74) is -1.11. The summed E-state index contributed by atoms with van der Waals surface area (Å²) in [7, 11) is -2.78. The molecule has 0 fully saturated rings. The maximum atomic E-state index is 12.1. The Kier molecular flexibility index (Phi) is 6.07. The number of carboxylic acid groups (broad SMARTS) is 1. The molecule has 144 valence electrons. The molecule has 0 heterocycles. The van der Waals surface area contributed by atoms with Crippen LogP contribution in [0.15, 0.2) is 60.7 Å². The van der Waals surface area contributed by atoms with E-state index in [1.807, 2.05) is 36.4 Å². The Morgan fingerprint density at radius 3 is 1.59 bits per heavy atom. The third-order valence-electron chi connectivity index (χ3n) is 4.88. The van der Waals surface area contributed by atoms with E-state index in [0.717, 1.165) is 10.4 Å². The number of ketones is 1. The van der Waals surface area contributed by atoms with Gasteiger partial charge in [0.1, 0.15) is 0 Å². The predicted molar refractivity (Wildman–Crippen MR) is 110 cm³/mol.